The summed E-state index contributed by atoms with van der Waals surface area (Å²) in [5.74, 6) is 1.07. The largest absolute Gasteiger partial charge is 0.330 e. The van der Waals surface area contributed by atoms with Crippen LogP contribution in [0.1, 0.15) is 16.5 Å². The number of imidazole rings is 1. The van der Waals surface area contributed by atoms with Crippen LogP contribution in [0.25, 0.3) is 11.0 Å². The molecule has 5 heteroatoms. The number of hydrogen-bond acceptors (Lipinski definition) is 4. The number of benzene rings is 1. The monoisotopic (exact) mass is 286 g/mol. The van der Waals surface area contributed by atoms with Crippen molar-refractivity contribution < 1.29 is 0 Å². The third-order valence-corrected chi connectivity index (χ3v) is 4.37. The number of aryl methyl sites for hydroxylation is 2. The summed E-state index contributed by atoms with van der Waals surface area (Å²) in [5.41, 5.74) is 3.35. The lowest BCUT2D eigenvalue weighted by atomic mass is 10.3. The van der Waals surface area contributed by atoms with Crippen LogP contribution < -0.4 is 5.32 Å². The smallest absolute Gasteiger partial charge is 0.123 e. The van der Waals surface area contributed by atoms with Crippen LogP contribution in [0.4, 0.5) is 0 Å². The summed E-state index contributed by atoms with van der Waals surface area (Å²) in [7, 11) is 2.07. The van der Waals surface area contributed by atoms with E-state index in [2.05, 4.69) is 44.4 Å². The van der Waals surface area contributed by atoms with E-state index in [-0.39, 0.29) is 0 Å². The van der Waals surface area contributed by atoms with E-state index in [4.69, 9.17) is 0 Å². The molecule has 0 amide bonds. The van der Waals surface area contributed by atoms with Gasteiger partial charge >= 0.3 is 0 Å². The fraction of sp³-hybridized carbons (Fsp3) is 0.333. The van der Waals surface area contributed by atoms with Crippen LogP contribution in [0.15, 0.2) is 29.6 Å². The van der Waals surface area contributed by atoms with E-state index in [1.807, 2.05) is 19.1 Å². The Morgan fingerprint density at radius 1 is 1.25 bits per heavy atom. The summed E-state index contributed by atoms with van der Waals surface area (Å²) in [6.45, 7) is 3.75. The highest BCUT2D eigenvalue weighted by Gasteiger charge is 2.06. The normalized spacial score (nSPS) is 11.3. The molecule has 0 spiro atoms. The molecule has 1 N–H and O–H groups in total. The van der Waals surface area contributed by atoms with Crippen LogP contribution in [0.3, 0.4) is 0 Å². The maximum absolute atomic E-state index is 4.65. The minimum atomic E-state index is 0.787. The first-order chi connectivity index (χ1) is 9.74. The Balaban J connectivity index is 1.58. The molecule has 4 nitrogen and oxygen atoms in total. The highest BCUT2D eigenvalue weighted by molar-refractivity contribution is 7.09. The molecule has 3 rings (SSSR count). The average Bonchev–Trinajstić information content (AvgIpc) is 3.00. The van der Waals surface area contributed by atoms with E-state index >= 15 is 0 Å². The zero-order valence-corrected chi connectivity index (χ0v) is 12.6. The molecule has 0 saturated heterocycles. The molecule has 0 aliphatic heterocycles. The van der Waals surface area contributed by atoms with Gasteiger partial charge in [0.25, 0.3) is 0 Å². The van der Waals surface area contributed by atoms with Gasteiger partial charge in [-0.05, 0) is 19.1 Å². The molecular formula is C15H18N4S. The van der Waals surface area contributed by atoms with Gasteiger partial charge in [-0.1, -0.05) is 12.1 Å². The molecule has 3 aromatic rings. The second-order valence-electron chi connectivity index (χ2n) is 4.89. The number of para-hydroxylation sites is 2. The van der Waals surface area contributed by atoms with Gasteiger partial charge in [0.2, 0.25) is 0 Å². The lowest BCUT2D eigenvalue weighted by Crippen LogP contribution is -2.19. The molecule has 0 saturated carbocycles. The number of nitrogens with one attached hydrogen (secondary N) is 1. The fourth-order valence-corrected chi connectivity index (χ4v) is 3.04. The first-order valence-corrected chi connectivity index (χ1v) is 7.64. The Labute approximate surface area is 122 Å². The second-order valence-corrected chi connectivity index (χ2v) is 5.83. The Morgan fingerprint density at radius 3 is 2.85 bits per heavy atom. The van der Waals surface area contributed by atoms with Crippen molar-refractivity contribution in [3.8, 4) is 0 Å². The van der Waals surface area contributed by atoms with E-state index in [1.54, 1.807) is 11.3 Å². The van der Waals surface area contributed by atoms with Gasteiger partial charge in [0, 0.05) is 31.1 Å². The first kappa shape index (κ1) is 13.3. The summed E-state index contributed by atoms with van der Waals surface area (Å²) < 4.78 is 2.15. The van der Waals surface area contributed by atoms with Crippen LogP contribution in [0, 0.1) is 6.92 Å². The van der Waals surface area contributed by atoms with Crippen molar-refractivity contribution in [1.29, 1.82) is 0 Å². The Bertz CT molecular complexity index is 714. The molecular weight excluding hydrogens is 268 g/mol. The zero-order valence-electron chi connectivity index (χ0n) is 11.8. The number of aromatic nitrogens is 3. The van der Waals surface area contributed by atoms with Crippen molar-refractivity contribution in [2.45, 2.75) is 19.9 Å². The maximum Gasteiger partial charge on any atom is 0.123 e. The molecule has 0 aliphatic rings. The highest BCUT2D eigenvalue weighted by atomic mass is 32.1. The lowest BCUT2D eigenvalue weighted by Gasteiger charge is -2.04. The third-order valence-electron chi connectivity index (χ3n) is 3.35. The molecule has 20 heavy (non-hydrogen) atoms. The fourth-order valence-electron chi connectivity index (χ4n) is 2.27. The van der Waals surface area contributed by atoms with Crippen molar-refractivity contribution in [3.63, 3.8) is 0 Å². The zero-order chi connectivity index (χ0) is 13.9. The Morgan fingerprint density at radius 2 is 2.10 bits per heavy atom. The molecule has 0 fully saturated rings. The first-order valence-electron chi connectivity index (χ1n) is 6.76. The van der Waals surface area contributed by atoms with Crippen LogP contribution in [-0.4, -0.2) is 21.1 Å². The van der Waals surface area contributed by atoms with Gasteiger partial charge in [-0.25, -0.2) is 9.97 Å². The Kier molecular flexibility index (Phi) is 3.80. The van der Waals surface area contributed by atoms with Crippen LogP contribution in [-0.2, 0) is 20.0 Å². The van der Waals surface area contributed by atoms with E-state index in [9.17, 15) is 0 Å². The summed E-state index contributed by atoms with van der Waals surface area (Å²) in [4.78, 5) is 9.11. The minimum Gasteiger partial charge on any atom is -0.330 e. The molecule has 0 bridgehead atoms. The lowest BCUT2D eigenvalue weighted by molar-refractivity contribution is 0.641. The molecule has 0 unspecified atom stereocenters. The standard InChI is InChI=1S/C15H18N4S/c1-11-10-20-15(17-11)7-8-16-9-14-18-12-5-3-4-6-13(12)19(14)2/h3-6,10,16H,7-9H2,1-2H3. The predicted octanol–water partition coefficient (Wildman–Crippen LogP) is 2.67. The van der Waals surface area contributed by atoms with Crippen molar-refractivity contribution in [3.05, 3.63) is 46.2 Å². The van der Waals surface area contributed by atoms with Crippen molar-refractivity contribution in [1.82, 2.24) is 19.9 Å². The van der Waals surface area contributed by atoms with Gasteiger partial charge in [0.1, 0.15) is 5.82 Å². The van der Waals surface area contributed by atoms with E-state index in [0.717, 1.165) is 36.5 Å². The van der Waals surface area contributed by atoms with Crippen LogP contribution in [0.5, 0.6) is 0 Å². The van der Waals surface area contributed by atoms with Gasteiger partial charge in [0.15, 0.2) is 0 Å². The Hall–Kier alpha value is -1.72. The van der Waals surface area contributed by atoms with Crippen molar-refractivity contribution in [2.24, 2.45) is 7.05 Å². The minimum absolute atomic E-state index is 0.787. The number of thiazole rings is 1. The molecule has 104 valence electrons. The third kappa shape index (κ3) is 2.73. The predicted molar refractivity (Wildman–Crippen MR) is 83.0 cm³/mol. The number of rotatable bonds is 5. The van der Waals surface area contributed by atoms with Crippen molar-refractivity contribution in [2.75, 3.05) is 6.54 Å². The van der Waals surface area contributed by atoms with Crippen LogP contribution in [0.2, 0.25) is 0 Å². The summed E-state index contributed by atoms with van der Waals surface area (Å²) >= 11 is 1.73. The molecule has 0 aliphatic carbocycles. The maximum atomic E-state index is 4.65. The van der Waals surface area contributed by atoms with Crippen molar-refractivity contribution >= 4 is 22.4 Å². The summed E-state index contributed by atoms with van der Waals surface area (Å²) in [6.07, 6.45) is 0.975. The summed E-state index contributed by atoms with van der Waals surface area (Å²) in [5, 5.41) is 6.74. The van der Waals surface area contributed by atoms with E-state index in [1.165, 1.54) is 10.5 Å². The quantitative estimate of drug-likeness (QED) is 0.733. The van der Waals surface area contributed by atoms with Gasteiger partial charge in [-0.2, -0.15) is 0 Å². The molecule has 0 radical (unpaired) electrons. The van der Waals surface area contributed by atoms with Gasteiger partial charge in [-0.15, -0.1) is 11.3 Å². The summed E-state index contributed by atoms with van der Waals surface area (Å²) in [6, 6.07) is 8.23. The molecule has 2 heterocycles. The number of nitrogens with zero attached hydrogens (tertiary/aromatic N) is 3. The topological polar surface area (TPSA) is 42.7 Å². The molecule has 2 aromatic heterocycles. The van der Waals surface area contributed by atoms with E-state index in [0.29, 0.717) is 0 Å². The number of hydrogen-bond donors (Lipinski definition) is 1. The van der Waals surface area contributed by atoms with Gasteiger partial charge in [0.05, 0.1) is 22.6 Å². The van der Waals surface area contributed by atoms with E-state index < -0.39 is 0 Å². The molecule has 1 aromatic carbocycles. The SMILES string of the molecule is Cc1csc(CCNCc2nc3ccccc3n2C)n1. The highest BCUT2D eigenvalue weighted by Crippen LogP contribution is 2.14. The van der Waals surface area contributed by atoms with Gasteiger partial charge < -0.3 is 9.88 Å². The average molecular weight is 286 g/mol. The molecule has 0 atom stereocenters. The van der Waals surface area contributed by atoms with Gasteiger partial charge in [-0.3, -0.25) is 0 Å². The second kappa shape index (κ2) is 5.73. The van der Waals surface area contributed by atoms with Crippen LogP contribution >= 0.6 is 11.3 Å². The number of fused-ring (bicyclic) bond motifs is 1.